The summed E-state index contributed by atoms with van der Waals surface area (Å²) < 4.78 is 3.60. The molecular weight excluding hydrogens is 470 g/mol. The first kappa shape index (κ1) is 24.5. The number of hydrogen-bond donors (Lipinski definition) is 0. The summed E-state index contributed by atoms with van der Waals surface area (Å²) in [5, 5.41) is 0.749. The first-order valence-electron chi connectivity index (χ1n) is 12.5. The van der Waals surface area contributed by atoms with Gasteiger partial charge in [-0.05, 0) is 61.3 Å². The number of aryl methyl sites for hydroxylation is 1. The van der Waals surface area contributed by atoms with Crippen LogP contribution in [-0.2, 0) is 6.54 Å². The number of nitrogens with zero attached hydrogens (tertiary/aromatic N) is 5. The molecule has 36 heavy (non-hydrogen) atoms. The van der Waals surface area contributed by atoms with Gasteiger partial charge in [-0.1, -0.05) is 48.5 Å². The summed E-state index contributed by atoms with van der Waals surface area (Å²) in [4.78, 5) is 22.5. The van der Waals surface area contributed by atoms with E-state index in [0.29, 0.717) is 6.54 Å². The van der Waals surface area contributed by atoms with Crippen molar-refractivity contribution < 1.29 is 0 Å². The minimum atomic E-state index is -0.00389. The summed E-state index contributed by atoms with van der Waals surface area (Å²) in [6.45, 7) is 11.5. The van der Waals surface area contributed by atoms with Gasteiger partial charge in [-0.2, -0.15) is 0 Å². The first-order valence-corrected chi connectivity index (χ1v) is 12.9. The number of imidazole rings is 1. The average Bonchev–Trinajstić information content (AvgIpc) is 3.18. The normalized spacial score (nSPS) is 15.8. The number of hydrogen-bond acceptors (Lipinski definition) is 4. The van der Waals surface area contributed by atoms with Gasteiger partial charge in [0.1, 0.15) is 0 Å². The Morgan fingerprint density at radius 2 is 1.67 bits per heavy atom. The van der Waals surface area contributed by atoms with Crippen LogP contribution in [0.25, 0.3) is 16.7 Å². The van der Waals surface area contributed by atoms with Gasteiger partial charge in [0.25, 0.3) is 0 Å². The highest BCUT2D eigenvalue weighted by molar-refractivity contribution is 6.30. The number of pyridine rings is 1. The molecule has 0 saturated carbocycles. The lowest BCUT2D eigenvalue weighted by Gasteiger charge is -2.39. The largest absolute Gasteiger partial charge is 0.333 e. The fraction of sp³-hybridized carbons (Fsp3) is 0.310. The molecule has 7 heteroatoms. The molecule has 4 aromatic rings. The Morgan fingerprint density at radius 1 is 0.944 bits per heavy atom. The van der Waals surface area contributed by atoms with Crippen LogP contribution in [0.2, 0.25) is 5.02 Å². The Hall–Kier alpha value is -3.19. The highest BCUT2D eigenvalue weighted by Crippen LogP contribution is 2.30. The molecule has 0 amide bonds. The van der Waals surface area contributed by atoms with E-state index in [2.05, 4.69) is 39.6 Å². The van der Waals surface area contributed by atoms with E-state index < -0.39 is 0 Å². The molecule has 0 spiro atoms. The van der Waals surface area contributed by atoms with E-state index in [0.717, 1.165) is 60.9 Å². The Balaban J connectivity index is 1.24. The molecule has 2 aromatic carbocycles. The molecule has 2 aromatic heterocycles. The van der Waals surface area contributed by atoms with Gasteiger partial charge in [-0.15, -0.1) is 0 Å². The Kier molecular flexibility index (Phi) is 7.37. The number of fused-ring (bicyclic) bond motifs is 1. The summed E-state index contributed by atoms with van der Waals surface area (Å²) in [6.07, 6.45) is 4.71. The molecule has 186 valence electrons. The van der Waals surface area contributed by atoms with Crippen molar-refractivity contribution in [3.05, 3.63) is 106 Å². The van der Waals surface area contributed by atoms with E-state index in [1.807, 2.05) is 66.3 Å². The van der Waals surface area contributed by atoms with Crippen molar-refractivity contribution in [3.63, 3.8) is 0 Å². The number of aromatic nitrogens is 3. The molecule has 1 aliphatic heterocycles. The van der Waals surface area contributed by atoms with Gasteiger partial charge in [-0.3, -0.25) is 19.0 Å². The molecule has 1 fully saturated rings. The molecule has 0 N–H and O–H groups in total. The number of rotatable bonds is 8. The van der Waals surface area contributed by atoms with E-state index in [1.165, 1.54) is 11.1 Å². The molecule has 1 saturated heterocycles. The van der Waals surface area contributed by atoms with E-state index >= 15 is 0 Å². The summed E-state index contributed by atoms with van der Waals surface area (Å²) >= 11 is 6.16. The maximum atomic E-state index is 13.1. The minimum absolute atomic E-state index is 0.00389. The number of piperazine rings is 1. The Bertz CT molecular complexity index is 1380. The SMILES string of the molecule is C=C(C)n1c(=O)n(CCCN2CCN(C(c3ccc(Cl)cc3)c3cccnc3)CC2)c2ccccc21. The van der Waals surface area contributed by atoms with Crippen LogP contribution >= 0.6 is 11.6 Å². The number of benzene rings is 2. The van der Waals surface area contributed by atoms with Gasteiger partial charge in [0.2, 0.25) is 0 Å². The number of halogens is 1. The summed E-state index contributed by atoms with van der Waals surface area (Å²) in [6, 6.07) is 20.4. The van der Waals surface area contributed by atoms with Gasteiger partial charge in [-0.25, -0.2) is 4.79 Å². The zero-order valence-corrected chi connectivity index (χ0v) is 21.4. The van der Waals surface area contributed by atoms with Crippen molar-refractivity contribution in [2.45, 2.75) is 25.9 Å². The van der Waals surface area contributed by atoms with Crippen LogP contribution in [0.5, 0.6) is 0 Å². The quantitative estimate of drug-likeness (QED) is 0.335. The summed E-state index contributed by atoms with van der Waals surface area (Å²) in [7, 11) is 0. The van der Waals surface area contributed by atoms with Gasteiger partial charge >= 0.3 is 5.69 Å². The van der Waals surface area contributed by atoms with Crippen molar-refractivity contribution in [2.75, 3.05) is 32.7 Å². The molecule has 0 aliphatic carbocycles. The second-order valence-corrected chi connectivity index (χ2v) is 9.90. The van der Waals surface area contributed by atoms with E-state index in [9.17, 15) is 4.79 Å². The van der Waals surface area contributed by atoms with Crippen molar-refractivity contribution in [2.24, 2.45) is 0 Å². The lowest BCUT2D eigenvalue weighted by molar-refractivity contribution is 0.107. The van der Waals surface area contributed by atoms with Crippen LogP contribution in [0.15, 0.2) is 84.4 Å². The van der Waals surface area contributed by atoms with Crippen LogP contribution in [0, 0.1) is 0 Å². The molecule has 0 radical (unpaired) electrons. The fourth-order valence-electron chi connectivity index (χ4n) is 5.29. The smallest absolute Gasteiger partial charge is 0.301 e. The predicted octanol–water partition coefficient (Wildman–Crippen LogP) is 5.14. The van der Waals surface area contributed by atoms with Crippen LogP contribution in [0.4, 0.5) is 0 Å². The van der Waals surface area contributed by atoms with Gasteiger partial charge in [0.05, 0.1) is 17.1 Å². The second-order valence-electron chi connectivity index (χ2n) is 9.47. The third-order valence-electron chi connectivity index (χ3n) is 7.03. The molecule has 0 bridgehead atoms. The average molecular weight is 502 g/mol. The van der Waals surface area contributed by atoms with Crippen molar-refractivity contribution >= 4 is 28.3 Å². The van der Waals surface area contributed by atoms with Crippen LogP contribution in [0.3, 0.4) is 0 Å². The topological polar surface area (TPSA) is 46.3 Å². The highest BCUT2D eigenvalue weighted by Gasteiger charge is 2.26. The predicted molar refractivity (Wildman–Crippen MR) is 147 cm³/mol. The molecule has 5 rings (SSSR count). The first-order chi connectivity index (χ1) is 17.5. The lowest BCUT2D eigenvalue weighted by Crippen LogP contribution is -2.48. The summed E-state index contributed by atoms with van der Waals surface area (Å²) in [5.41, 5.74) is 5.06. The monoisotopic (exact) mass is 501 g/mol. The van der Waals surface area contributed by atoms with Crippen LogP contribution in [-0.4, -0.2) is 56.6 Å². The minimum Gasteiger partial charge on any atom is -0.301 e. The molecule has 6 nitrogen and oxygen atoms in total. The van der Waals surface area contributed by atoms with Crippen molar-refractivity contribution in [3.8, 4) is 0 Å². The molecule has 3 heterocycles. The molecule has 1 unspecified atom stereocenters. The van der Waals surface area contributed by atoms with Crippen LogP contribution < -0.4 is 5.69 Å². The third kappa shape index (κ3) is 5.03. The van der Waals surface area contributed by atoms with Crippen molar-refractivity contribution in [1.29, 1.82) is 0 Å². The van der Waals surface area contributed by atoms with E-state index in [4.69, 9.17) is 11.6 Å². The lowest BCUT2D eigenvalue weighted by atomic mass is 9.97. The van der Waals surface area contributed by atoms with E-state index in [-0.39, 0.29) is 11.7 Å². The number of allylic oxidation sites excluding steroid dienone is 1. The standard InChI is InChI=1S/C29H32ClN5O/c1-22(2)35-27-9-4-3-8-26(27)34(29(35)36)16-6-15-32-17-19-33(20-18-32)28(24-7-5-14-31-21-24)23-10-12-25(30)13-11-23/h3-5,7-14,21,28H,1,6,15-20H2,2H3. The summed E-state index contributed by atoms with van der Waals surface area (Å²) in [5.74, 6) is 0. The third-order valence-corrected chi connectivity index (χ3v) is 7.28. The number of para-hydroxylation sites is 2. The molecule has 1 atom stereocenters. The molecule has 1 aliphatic rings. The molecular formula is C29H32ClN5O. The van der Waals surface area contributed by atoms with Gasteiger partial charge in [0, 0.05) is 55.8 Å². The van der Waals surface area contributed by atoms with Gasteiger partial charge < -0.3 is 4.90 Å². The second kappa shape index (κ2) is 10.8. The van der Waals surface area contributed by atoms with Crippen molar-refractivity contribution in [1.82, 2.24) is 23.9 Å². The Labute approximate surface area is 217 Å². The maximum Gasteiger partial charge on any atom is 0.333 e. The van der Waals surface area contributed by atoms with Gasteiger partial charge in [0.15, 0.2) is 0 Å². The highest BCUT2D eigenvalue weighted by atomic mass is 35.5. The fourth-order valence-corrected chi connectivity index (χ4v) is 5.41. The zero-order chi connectivity index (χ0) is 25.1. The Morgan fingerprint density at radius 3 is 2.33 bits per heavy atom. The zero-order valence-electron chi connectivity index (χ0n) is 20.7. The van der Waals surface area contributed by atoms with Crippen LogP contribution in [0.1, 0.15) is 30.5 Å². The van der Waals surface area contributed by atoms with E-state index in [1.54, 1.807) is 4.57 Å². The maximum absolute atomic E-state index is 13.1.